The molecule has 1 nitrogen and oxygen atoms in total. The van der Waals surface area contributed by atoms with E-state index in [1.54, 1.807) is 6.26 Å². The third kappa shape index (κ3) is 1.29. The van der Waals surface area contributed by atoms with Crippen LogP contribution < -0.4 is 0 Å². The second-order valence-corrected chi connectivity index (χ2v) is 4.62. The maximum absolute atomic E-state index is 6.13. The van der Waals surface area contributed by atoms with Gasteiger partial charge in [0, 0.05) is 15.8 Å². The molecule has 3 aromatic rings. The minimum Gasteiger partial charge on any atom is -0.463 e. The van der Waals surface area contributed by atoms with Crippen LogP contribution >= 0.6 is 27.5 Å². The molecule has 0 saturated heterocycles. The van der Waals surface area contributed by atoms with Crippen LogP contribution in [0.3, 0.4) is 0 Å². The Morgan fingerprint density at radius 1 is 1.07 bits per heavy atom. The summed E-state index contributed by atoms with van der Waals surface area (Å²) >= 11 is 9.61. The van der Waals surface area contributed by atoms with Gasteiger partial charge in [0.1, 0.15) is 11.8 Å². The van der Waals surface area contributed by atoms with E-state index >= 15 is 0 Å². The molecule has 0 amide bonds. The fourth-order valence-corrected chi connectivity index (χ4v) is 2.56. The molecular weight excluding hydrogens is 275 g/mol. The molecule has 3 rings (SSSR count). The van der Waals surface area contributed by atoms with Gasteiger partial charge in [-0.1, -0.05) is 23.7 Å². The van der Waals surface area contributed by atoms with E-state index in [9.17, 15) is 0 Å². The SMILES string of the molecule is Clc1cccc2c1ccc1occ(Br)c12. The van der Waals surface area contributed by atoms with Crippen LogP contribution in [0.4, 0.5) is 0 Å². The van der Waals surface area contributed by atoms with E-state index in [0.717, 1.165) is 31.2 Å². The molecule has 0 aliphatic heterocycles. The predicted molar refractivity (Wildman–Crippen MR) is 66.4 cm³/mol. The van der Waals surface area contributed by atoms with Crippen molar-refractivity contribution in [3.05, 3.63) is 46.1 Å². The normalized spacial score (nSPS) is 11.3. The number of hydrogen-bond acceptors (Lipinski definition) is 1. The standard InChI is InChI=1S/C12H6BrClO/c13-9-6-15-11-5-4-7-8(12(9)11)2-1-3-10(7)14/h1-6H. The van der Waals surface area contributed by atoms with Crippen LogP contribution in [0.1, 0.15) is 0 Å². The van der Waals surface area contributed by atoms with Crippen molar-refractivity contribution in [2.75, 3.05) is 0 Å². The van der Waals surface area contributed by atoms with Crippen LogP contribution in [-0.4, -0.2) is 0 Å². The Kier molecular flexibility index (Phi) is 2.01. The number of hydrogen-bond donors (Lipinski definition) is 0. The van der Waals surface area contributed by atoms with Crippen molar-refractivity contribution in [3.63, 3.8) is 0 Å². The van der Waals surface area contributed by atoms with E-state index in [-0.39, 0.29) is 0 Å². The zero-order valence-electron chi connectivity index (χ0n) is 7.63. The number of rotatable bonds is 0. The smallest absolute Gasteiger partial charge is 0.135 e. The quantitative estimate of drug-likeness (QED) is 0.565. The highest BCUT2D eigenvalue weighted by Crippen LogP contribution is 2.35. The number of fused-ring (bicyclic) bond motifs is 3. The Bertz CT molecular complexity index is 657. The van der Waals surface area contributed by atoms with Gasteiger partial charge in [-0.3, -0.25) is 0 Å². The molecule has 0 aliphatic carbocycles. The van der Waals surface area contributed by atoms with E-state index < -0.39 is 0 Å². The van der Waals surface area contributed by atoms with Crippen molar-refractivity contribution in [1.82, 2.24) is 0 Å². The van der Waals surface area contributed by atoms with Crippen molar-refractivity contribution >= 4 is 49.3 Å². The van der Waals surface area contributed by atoms with Gasteiger partial charge in [-0.15, -0.1) is 0 Å². The fourth-order valence-electron chi connectivity index (χ4n) is 1.82. The van der Waals surface area contributed by atoms with E-state index in [1.807, 2.05) is 30.3 Å². The van der Waals surface area contributed by atoms with Gasteiger partial charge in [-0.05, 0) is 39.5 Å². The summed E-state index contributed by atoms with van der Waals surface area (Å²) in [5, 5.41) is 4.01. The molecule has 1 aromatic heterocycles. The molecule has 1 heterocycles. The van der Waals surface area contributed by atoms with Gasteiger partial charge in [-0.25, -0.2) is 0 Å². The van der Waals surface area contributed by atoms with Crippen LogP contribution in [0.5, 0.6) is 0 Å². The van der Waals surface area contributed by atoms with Crippen LogP contribution in [0.2, 0.25) is 5.02 Å². The number of benzene rings is 2. The van der Waals surface area contributed by atoms with Gasteiger partial charge in [0.2, 0.25) is 0 Å². The Balaban J connectivity index is 2.64. The Hall–Kier alpha value is -0.990. The first-order chi connectivity index (χ1) is 7.27. The van der Waals surface area contributed by atoms with Crippen molar-refractivity contribution in [2.24, 2.45) is 0 Å². The minimum absolute atomic E-state index is 0.766. The van der Waals surface area contributed by atoms with Crippen molar-refractivity contribution < 1.29 is 4.42 Å². The van der Waals surface area contributed by atoms with Gasteiger partial charge in [0.05, 0.1) is 4.47 Å². The molecule has 0 bridgehead atoms. The van der Waals surface area contributed by atoms with Crippen molar-refractivity contribution in [2.45, 2.75) is 0 Å². The molecule has 74 valence electrons. The molecule has 0 N–H and O–H groups in total. The molecule has 0 aliphatic rings. The van der Waals surface area contributed by atoms with Gasteiger partial charge in [0.15, 0.2) is 0 Å². The first-order valence-electron chi connectivity index (χ1n) is 4.51. The second-order valence-electron chi connectivity index (χ2n) is 3.36. The summed E-state index contributed by atoms with van der Waals surface area (Å²) in [7, 11) is 0. The minimum atomic E-state index is 0.766. The molecule has 0 fully saturated rings. The van der Waals surface area contributed by atoms with E-state index in [0.29, 0.717) is 0 Å². The lowest BCUT2D eigenvalue weighted by molar-refractivity contribution is 0.614. The van der Waals surface area contributed by atoms with Crippen LogP contribution in [0.15, 0.2) is 45.5 Å². The molecular formula is C12H6BrClO. The topological polar surface area (TPSA) is 13.1 Å². The summed E-state index contributed by atoms with van der Waals surface area (Å²) in [6.45, 7) is 0. The highest BCUT2D eigenvalue weighted by atomic mass is 79.9. The summed E-state index contributed by atoms with van der Waals surface area (Å²) < 4.78 is 6.37. The first-order valence-corrected chi connectivity index (χ1v) is 5.68. The maximum atomic E-state index is 6.13. The van der Waals surface area contributed by atoms with Crippen molar-refractivity contribution in [1.29, 1.82) is 0 Å². The molecule has 2 aromatic carbocycles. The second kappa shape index (κ2) is 3.26. The predicted octanol–water partition coefficient (Wildman–Crippen LogP) is 5.00. The molecule has 0 unspecified atom stereocenters. The molecule has 3 heteroatoms. The van der Waals surface area contributed by atoms with E-state index in [1.165, 1.54) is 0 Å². The lowest BCUT2D eigenvalue weighted by Gasteiger charge is -2.01. The molecule has 0 saturated carbocycles. The van der Waals surface area contributed by atoms with Crippen LogP contribution in [0.25, 0.3) is 21.7 Å². The largest absolute Gasteiger partial charge is 0.463 e. The Morgan fingerprint density at radius 2 is 1.93 bits per heavy atom. The lowest BCUT2D eigenvalue weighted by Crippen LogP contribution is -1.75. The molecule has 0 atom stereocenters. The highest BCUT2D eigenvalue weighted by molar-refractivity contribution is 9.10. The summed E-state index contributed by atoms with van der Waals surface area (Å²) in [6.07, 6.45) is 1.70. The summed E-state index contributed by atoms with van der Waals surface area (Å²) in [6, 6.07) is 9.81. The van der Waals surface area contributed by atoms with E-state index in [4.69, 9.17) is 16.0 Å². The van der Waals surface area contributed by atoms with Crippen molar-refractivity contribution in [3.8, 4) is 0 Å². The van der Waals surface area contributed by atoms with Gasteiger partial charge in [0.25, 0.3) is 0 Å². The average molecular weight is 282 g/mol. The first kappa shape index (κ1) is 9.25. The Morgan fingerprint density at radius 3 is 2.80 bits per heavy atom. The third-order valence-corrected chi connectivity index (χ3v) is 3.41. The molecule has 15 heavy (non-hydrogen) atoms. The van der Waals surface area contributed by atoms with Gasteiger partial charge >= 0.3 is 0 Å². The van der Waals surface area contributed by atoms with Crippen LogP contribution in [0, 0.1) is 0 Å². The molecule has 0 radical (unpaired) electrons. The van der Waals surface area contributed by atoms with Crippen LogP contribution in [-0.2, 0) is 0 Å². The van der Waals surface area contributed by atoms with Gasteiger partial charge < -0.3 is 4.42 Å². The highest BCUT2D eigenvalue weighted by Gasteiger charge is 2.08. The number of furan rings is 1. The molecule has 0 spiro atoms. The fraction of sp³-hybridized carbons (Fsp3) is 0. The monoisotopic (exact) mass is 280 g/mol. The summed E-state index contributed by atoms with van der Waals surface area (Å²) in [5.41, 5.74) is 0.872. The Labute approximate surface area is 99.8 Å². The third-order valence-electron chi connectivity index (χ3n) is 2.50. The zero-order valence-corrected chi connectivity index (χ0v) is 9.97. The summed E-state index contributed by atoms with van der Waals surface area (Å²) in [4.78, 5) is 0. The maximum Gasteiger partial charge on any atom is 0.135 e. The van der Waals surface area contributed by atoms with Gasteiger partial charge in [-0.2, -0.15) is 0 Å². The summed E-state index contributed by atoms with van der Waals surface area (Å²) in [5.74, 6) is 0. The number of halogens is 2. The zero-order chi connectivity index (χ0) is 10.4. The lowest BCUT2D eigenvalue weighted by atomic mass is 10.1. The average Bonchev–Trinajstić information content (AvgIpc) is 2.61. The van der Waals surface area contributed by atoms with E-state index in [2.05, 4.69) is 15.9 Å².